The van der Waals surface area contributed by atoms with Crippen molar-refractivity contribution in [1.82, 2.24) is 29.9 Å². The number of ether oxygens (including phenoxy) is 1. The number of aromatic nitrogens is 5. The minimum absolute atomic E-state index is 0.00588. The fourth-order valence-electron chi connectivity index (χ4n) is 3.95. The smallest absolute Gasteiger partial charge is 0.222 e. The molecule has 0 radical (unpaired) electrons. The third kappa shape index (κ3) is 4.16. The average Bonchev–Trinajstić information content (AvgIpc) is 3.35. The minimum Gasteiger partial charge on any atom is -0.497 e. The number of fused-ring (bicyclic) bond motifs is 1. The van der Waals surface area contributed by atoms with Crippen LogP contribution < -0.4 is 10.1 Å². The van der Waals surface area contributed by atoms with Gasteiger partial charge in [-0.1, -0.05) is 13.8 Å². The van der Waals surface area contributed by atoms with Crippen LogP contribution in [0.25, 0.3) is 5.69 Å². The van der Waals surface area contributed by atoms with Crippen molar-refractivity contribution in [3.05, 3.63) is 54.4 Å². The second kappa shape index (κ2) is 7.69. The number of methoxy groups -OCH3 is 1. The van der Waals surface area contributed by atoms with E-state index >= 15 is 0 Å². The molecule has 1 N–H and O–H groups in total. The summed E-state index contributed by atoms with van der Waals surface area (Å²) in [6.07, 6.45) is 7.12. The topological polar surface area (TPSA) is 86.9 Å². The number of nitrogens with zero attached hydrogens (tertiary/aromatic N) is 5. The van der Waals surface area contributed by atoms with E-state index in [1.165, 1.54) is 6.33 Å². The molecule has 0 saturated carbocycles. The van der Waals surface area contributed by atoms with E-state index in [-0.39, 0.29) is 17.4 Å². The van der Waals surface area contributed by atoms with E-state index in [0.717, 1.165) is 35.5 Å². The van der Waals surface area contributed by atoms with Gasteiger partial charge in [-0.3, -0.25) is 9.48 Å². The van der Waals surface area contributed by atoms with Crippen molar-refractivity contribution >= 4 is 5.91 Å². The van der Waals surface area contributed by atoms with Crippen molar-refractivity contribution in [2.75, 3.05) is 7.11 Å². The maximum atomic E-state index is 12.6. The van der Waals surface area contributed by atoms with Gasteiger partial charge in [0.1, 0.15) is 18.4 Å². The normalized spacial score (nSPS) is 17.6. The fraction of sp³-hybridized carbons (Fsp3) is 0.429. The van der Waals surface area contributed by atoms with E-state index in [9.17, 15) is 4.79 Å². The first kappa shape index (κ1) is 19.2. The summed E-state index contributed by atoms with van der Waals surface area (Å²) in [4.78, 5) is 16.5. The summed E-state index contributed by atoms with van der Waals surface area (Å²) in [6.45, 7) is 4.98. The Bertz CT molecular complexity index is 975. The molecule has 0 fully saturated rings. The molecule has 1 aromatic carbocycles. The summed E-state index contributed by atoms with van der Waals surface area (Å²) in [7, 11) is 1.66. The molecular formula is C21H26N6O2. The largest absolute Gasteiger partial charge is 0.497 e. The van der Waals surface area contributed by atoms with Crippen LogP contribution >= 0.6 is 0 Å². The molecule has 0 bridgehead atoms. The van der Waals surface area contributed by atoms with Gasteiger partial charge in [-0.05, 0) is 42.5 Å². The van der Waals surface area contributed by atoms with Gasteiger partial charge in [-0.15, -0.1) is 0 Å². The Morgan fingerprint density at radius 3 is 2.76 bits per heavy atom. The molecule has 4 rings (SSSR count). The van der Waals surface area contributed by atoms with Crippen molar-refractivity contribution in [3.8, 4) is 11.4 Å². The highest BCUT2D eigenvalue weighted by atomic mass is 16.5. The number of rotatable bonds is 6. The van der Waals surface area contributed by atoms with Crippen molar-refractivity contribution in [3.63, 3.8) is 0 Å². The van der Waals surface area contributed by atoms with Gasteiger partial charge in [-0.2, -0.15) is 10.2 Å². The van der Waals surface area contributed by atoms with Crippen molar-refractivity contribution in [2.24, 2.45) is 5.41 Å². The molecular weight excluding hydrogens is 368 g/mol. The van der Waals surface area contributed by atoms with Crippen LogP contribution in [0.1, 0.15) is 44.0 Å². The Balaban J connectivity index is 1.54. The number of carbonyl (C=O) groups is 1. The lowest BCUT2D eigenvalue weighted by Gasteiger charge is -2.36. The highest BCUT2D eigenvalue weighted by Crippen LogP contribution is 2.41. The van der Waals surface area contributed by atoms with Gasteiger partial charge in [0.15, 0.2) is 0 Å². The lowest BCUT2D eigenvalue weighted by Crippen LogP contribution is -2.37. The Labute approximate surface area is 169 Å². The average molecular weight is 394 g/mol. The van der Waals surface area contributed by atoms with E-state index in [0.29, 0.717) is 13.0 Å². The molecule has 8 heteroatoms. The molecule has 8 nitrogen and oxygen atoms in total. The van der Waals surface area contributed by atoms with Gasteiger partial charge in [0.05, 0.1) is 37.3 Å². The zero-order valence-corrected chi connectivity index (χ0v) is 17.0. The Kier molecular flexibility index (Phi) is 5.08. The number of aryl methyl sites for hydroxylation is 1. The lowest BCUT2D eigenvalue weighted by atomic mass is 9.74. The molecule has 152 valence electrons. The molecule has 2 aromatic heterocycles. The molecule has 3 aromatic rings. The second-order valence-corrected chi connectivity index (χ2v) is 8.23. The Hall–Kier alpha value is -3.16. The Morgan fingerprint density at radius 2 is 2.07 bits per heavy atom. The van der Waals surface area contributed by atoms with Crippen molar-refractivity contribution < 1.29 is 9.53 Å². The quantitative estimate of drug-likeness (QED) is 0.695. The summed E-state index contributed by atoms with van der Waals surface area (Å²) in [5, 5.41) is 11.9. The van der Waals surface area contributed by atoms with Gasteiger partial charge in [0.2, 0.25) is 5.91 Å². The molecule has 1 aliphatic rings. The van der Waals surface area contributed by atoms with E-state index in [2.05, 4.69) is 34.3 Å². The summed E-state index contributed by atoms with van der Waals surface area (Å²) >= 11 is 0. The minimum atomic E-state index is -0.0519. The van der Waals surface area contributed by atoms with E-state index in [1.807, 2.05) is 35.1 Å². The van der Waals surface area contributed by atoms with E-state index in [4.69, 9.17) is 4.74 Å². The maximum absolute atomic E-state index is 12.6. The third-order valence-corrected chi connectivity index (χ3v) is 5.37. The van der Waals surface area contributed by atoms with Crippen LogP contribution in [-0.4, -0.2) is 37.6 Å². The third-order valence-electron chi connectivity index (χ3n) is 5.37. The molecule has 1 atom stereocenters. The summed E-state index contributed by atoms with van der Waals surface area (Å²) in [5.41, 5.74) is 3.28. The second-order valence-electron chi connectivity index (χ2n) is 8.23. The van der Waals surface area contributed by atoms with Crippen LogP contribution in [0, 0.1) is 5.41 Å². The maximum Gasteiger partial charge on any atom is 0.222 e. The zero-order valence-electron chi connectivity index (χ0n) is 17.0. The first-order valence-corrected chi connectivity index (χ1v) is 9.78. The standard InChI is InChI=1S/C21H26N6O2/c1-21(2)10-18(25-20(28)8-9-26-14-22-13-24-26)17-12-23-27(19(17)11-21)15-4-6-16(29-3)7-5-15/h4-7,12-14,18H,8-11H2,1-3H3,(H,25,28)/t18-/m1/s1. The van der Waals surface area contributed by atoms with Gasteiger partial charge >= 0.3 is 0 Å². The van der Waals surface area contributed by atoms with Gasteiger partial charge in [-0.25, -0.2) is 9.67 Å². The Morgan fingerprint density at radius 1 is 1.28 bits per heavy atom. The van der Waals surface area contributed by atoms with Gasteiger partial charge in [0.25, 0.3) is 0 Å². The molecule has 0 saturated heterocycles. The number of hydrogen-bond donors (Lipinski definition) is 1. The van der Waals surface area contributed by atoms with E-state index in [1.54, 1.807) is 18.1 Å². The number of nitrogens with one attached hydrogen (secondary N) is 1. The summed E-state index contributed by atoms with van der Waals surface area (Å²) in [5.74, 6) is 0.818. The van der Waals surface area contributed by atoms with Crippen LogP contribution in [-0.2, 0) is 17.8 Å². The van der Waals surface area contributed by atoms with Crippen molar-refractivity contribution in [1.29, 1.82) is 0 Å². The number of amides is 1. The SMILES string of the molecule is COc1ccc(-n2ncc3c2CC(C)(C)C[C@H]3NC(=O)CCn2cncn2)cc1. The predicted molar refractivity (Wildman–Crippen MR) is 108 cm³/mol. The number of benzene rings is 1. The number of carbonyl (C=O) groups excluding carboxylic acids is 1. The van der Waals surface area contributed by atoms with Crippen LogP contribution in [0.5, 0.6) is 5.75 Å². The fourth-order valence-corrected chi connectivity index (χ4v) is 3.95. The molecule has 1 amide bonds. The first-order chi connectivity index (χ1) is 13.9. The predicted octanol–water partition coefficient (Wildman–Crippen LogP) is 2.69. The van der Waals surface area contributed by atoms with Gasteiger partial charge < -0.3 is 10.1 Å². The number of hydrogen-bond acceptors (Lipinski definition) is 5. The van der Waals surface area contributed by atoms with Crippen LogP contribution in [0.3, 0.4) is 0 Å². The molecule has 0 aliphatic heterocycles. The summed E-state index contributed by atoms with van der Waals surface area (Å²) < 4.78 is 8.90. The zero-order chi connectivity index (χ0) is 20.4. The summed E-state index contributed by atoms with van der Waals surface area (Å²) in [6, 6.07) is 7.81. The molecule has 2 heterocycles. The molecule has 0 spiro atoms. The monoisotopic (exact) mass is 394 g/mol. The van der Waals surface area contributed by atoms with Crippen molar-refractivity contribution in [2.45, 2.75) is 45.7 Å². The molecule has 0 unspecified atom stereocenters. The first-order valence-electron chi connectivity index (χ1n) is 9.78. The highest BCUT2D eigenvalue weighted by molar-refractivity contribution is 5.76. The van der Waals surface area contributed by atoms with Crippen LogP contribution in [0.15, 0.2) is 43.1 Å². The van der Waals surface area contributed by atoms with Crippen LogP contribution in [0.4, 0.5) is 0 Å². The molecule has 29 heavy (non-hydrogen) atoms. The van der Waals surface area contributed by atoms with E-state index < -0.39 is 0 Å². The van der Waals surface area contributed by atoms with Crippen LogP contribution in [0.2, 0.25) is 0 Å². The molecule has 1 aliphatic carbocycles. The lowest BCUT2D eigenvalue weighted by molar-refractivity contribution is -0.122. The van der Waals surface area contributed by atoms with Gasteiger partial charge in [0, 0.05) is 12.0 Å². The highest BCUT2D eigenvalue weighted by Gasteiger charge is 2.35.